The van der Waals surface area contributed by atoms with Crippen molar-refractivity contribution >= 4 is 23.6 Å². The molecular formula is C11H14N2O3S. The second kappa shape index (κ2) is 6.93. The van der Waals surface area contributed by atoms with Gasteiger partial charge in [0.1, 0.15) is 0 Å². The van der Waals surface area contributed by atoms with E-state index < -0.39 is 5.91 Å². The molecule has 1 rings (SSSR count). The Labute approximate surface area is 104 Å². The number of thioether (sulfide) groups is 1. The van der Waals surface area contributed by atoms with Crippen LogP contribution in [-0.4, -0.2) is 35.6 Å². The van der Waals surface area contributed by atoms with Crippen LogP contribution in [0.25, 0.3) is 0 Å². The minimum Gasteiger partial charge on any atom is -0.351 e. The van der Waals surface area contributed by atoms with E-state index in [-0.39, 0.29) is 5.91 Å². The molecule has 0 aliphatic heterocycles. The summed E-state index contributed by atoms with van der Waals surface area (Å²) in [6, 6.07) is 6.04. The summed E-state index contributed by atoms with van der Waals surface area (Å²) >= 11 is 1.65. The van der Waals surface area contributed by atoms with E-state index in [2.05, 4.69) is 5.32 Å². The highest BCUT2D eigenvalue weighted by atomic mass is 32.2. The lowest BCUT2D eigenvalue weighted by Crippen LogP contribution is -2.25. The van der Waals surface area contributed by atoms with E-state index in [9.17, 15) is 9.59 Å². The molecule has 0 fully saturated rings. The summed E-state index contributed by atoms with van der Waals surface area (Å²) in [5.41, 5.74) is 2.32. The molecule has 0 unspecified atom stereocenters. The van der Waals surface area contributed by atoms with Crippen molar-refractivity contribution in [3.8, 4) is 0 Å². The minimum absolute atomic E-state index is 0.171. The van der Waals surface area contributed by atoms with Gasteiger partial charge in [-0.3, -0.25) is 14.8 Å². The van der Waals surface area contributed by atoms with E-state index in [1.165, 1.54) is 17.6 Å². The predicted octanol–water partition coefficient (Wildman–Crippen LogP) is 0.898. The lowest BCUT2D eigenvalue weighted by Gasteiger charge is -2.04. The Balaban J connectivity index is 2.61. The lowest BCUT2D eigenvalue weighted by molar-refractivity contribution is 0.0706. The standard InChI is InChI=1S/C11H14N2O3S/c1-17-7-6-12-10(14)8-2-4-9(5-3-8)11(15)13-16/h2-5,16H,6-7H2,1H3,(H,12,14)(H,13,15). The number of hydroxylamine groups is 1. The van der Waals surface area contributed by atoms with E-state index in [0.29, 0.717) is 17.7 Å². The third-order valence-corrected chi connectivity index (χ3v) is 2.71. The quantitative estimate of drug-likeness (QED) is 0.414. The SMILES string of the molecule is CSCCNC(=O)c1ccc(C(=O)NO)cc1. The van der Waals surface area contributed by atoms with Crippen molar-refractivity contribution in [3.05, 3.63) is 35.4 Å². The topological polar surface area (TPSA) is 78.4 Å². The summed E-state index contributed by atoms with van der Waals surface area (Å²) in [4.78, 5) is 22.6. The van der Waals surface area contributed by atoms with E-state index in [0.717, 1.165) is 5.75 Å². The second-order valence-electron chi connectivity index (χ2n) is 3.27. The molecule has 0 aliphatic carbocycles. The first-order chi connectivity index (χ1) is 8.19. The van der Waals surface area contributed by atoms with Gasteiger partial charge in [0.05, 0.1) is 0 Å². The molecule has 17 heavy (non-hydrogen) atoms. The molecule has 0 heterocycles. The Morgan fingerprint density at radius 1 is 1.18 bits per heavy atom. The smallest absolute Gasteiger partial charge is 0.274 e. The average Bonchev–Trinajstić information content (AvgIpc) is 2.38. The fraction of sp³-hybridized carbons (Fsp3) is 0.273. The summed E-state index contributed by atoms with van der Waals surface area (Å²) in [7, 11) is 0. The largest absolute Gasteiger partial charge is 0.351 e. The Morgan fingerprint density at radius 3 is 2.18 bits per heavy atom. The third kappa shape index (κ3) is 4.08. The Morgan fingerprint density at radius 2 is 1.71 bits per heavy atom. The predicted molar refractivity (Wildman–Crippen MR) is 66.4 cm³/mol. The van der Waals surface area contributed by atoms with Gasteiger partial charge >= 0.3 is 0 Å². The maximum absolute atomic E-state index is 11.6. The van der Waals surface area contributed by atoms with E-state index in [1.54, 1.807) is 23.9 Å². The molecular weight excluding hydrogens is 240 g/mol. The minimum atomic E-state index is -0.598. The van der Waals surface area contributed by atoms with Gasteiger partial charge in [0.25, 0.3) is 11.8 Å². The molecule has 0 aromatic heterocycles. The number of nitrogens with one attached hydrogen (secondary N) is 2. The number of rotatable bonds is 5. The molecule has 0 saturated heterocycles. The van der Waals surface area contributed by atoms with Crippen molar-refractivity contribution in [2.45, 2.75) is 0 Å². The second-order valence-corrected chi connectivity index (χ2v) is 4.25. The third-order valence-electron chi connectivity index (χ3n) is 2.10. The van der Waals surface area contributed by atoms with E-state index >= 15 is 0 Å². The zero-order chi connectivity index (χ0) is 12.7. The Hall–Kier alpha value is -1.53. The maximum atomic E-state index is 11.6. The molecule has 0 saturated carbocycles. The van der Waals surface area contributed by atoms with Crippen LogP contribution in [0.15, 0.2) is 24.3 Å². The van der Waals surface area contributed by atoms with Crippen LogP contribution in [0.1, 0.15) is 20.7 Å². The van der Waals surface area contributed by atoms with E-state index in [4.69, 9.17) is 5.21 Å². The Kier molecular flexibility index (Phi) is 5.51. The number of hydrogen-bond acceptors (Lipinski definition) is 4. The highest BCUT2D eigenvalue weighted by molar-refractivity contribution is 7.98. The molecule has 0 radical (unpaired) electrons. The van der Waals surface area contributed by atoms with Crippen LogP contribution >= 0.6 is 11.8 Å². The molecule has 0 aliphatic rings. The van der Waals surface area contributed by atoms with Gasteiger partial charge in [-0.15, -0.1) is 0 Å². The van der Waals surface area contributed by atoms with Crippen LogP contribution < -0.4 is 10.8 Å². The van der Waals surface area contributed by atoms with Crippen LogP contribution in [0.3, 0.4) is 0 Å². The number of hydrogen-bond donors (Lipinski definition) is 3. The molecule has 3 N–H and O–H groups in total. The molecule has 6 heteroatoms. The molecule has 1 aromatic carbocycles. The number of amides is 2. The van der Waals surface area contributed by atoms with Crippen LogP contribution in [0.4, 0.5) is 0 Å². The maximum Gasteiger partial charge on any atom is 0.274 e. The van der Waals surface area contributed by atoms with Crippen LogP contribution in [0.2, 0.25) is 0 Å². The zero-order valence-electron chi connectivity index (χ0n) is 9.40. The zero-order valence-corrected chi connectivity index (χ0v) is 10.2. The molecule has 0 atom stereocenters. The first kappa shape index (κ1) is 13.5. The summed E-state index contributed by atoms with van der Waals surface area (Å²) in [5, 5.41) is 11.2. The van der Waals surface area contributed by atoms with Crippen LogP contribution in [0.5, 0.6) is 0 Å². The summed E-state index contributed by atoms with van der Waals surface area (Å²) in [5.74, 6) is 0.0888. The van der Waals surface area contributed by atoms with Crippen molar-refractivity contribution in [1.29, 1.82) is 0 Å². The summed E-state index contributed by atoms with van der Waals surface area (Å²) in [6.07, 6.45) is 1.97. The van der Waals surface area contributed by atoms with Gasteiger partial charge < -0.3 is 5.32 Å². The van der Waals surface area contributed by atoms with Crippen molar-refractivity contribution in [1.82, 2.24) is 10.8 Å². The van der Waals surface area contributed by atoms with Gasteiger partial charge in [0.15, 0.2) is 0 Å². The fourth-order valence-corrected chi connectivity index (χ4v) is 1.51. The monoisotopic (exact) mass is 254 g/mol. The molecule has 2 amide bonds. The highest BCUT2D eigenvalue weighted by Crippen LogP contribution is 2.04. The first-order valence-electron chi connectivity index (χ1n) is 5.00. The lowest BCUT2D eigenvalue weighted by atomic mass is 10.1. The number of carbonyl (C=O) groups is 2. The molecule has 5 nitrogen and oxygen atoms in total. The molecule has 1 aromatic rings. The molecule has 92 valence electrons. The normalized spacial score (nSPS) is 9.76. The van der Waals surface area contributed by atoms with Crippen molar-refractivity contribution in [3.63, 3.8) is 0 Å². The van der Waals surface area contributed by atoms with Crippen molar-refractivity contribution < 1.29 is 14.8 Å². The van der Waals surface area contributed by atoms with E-state index in [1.807, 2.05) is 6.26 Å². The summed E-state index contributed by atoms with van der Waals surface area (Å²) < 4.78 is 0. The summed E-state index contributed by atoms with van der Waals surface area (Å²) in [6.45, 7) is 0.610. The van der Waals surface area contributed by atoms with Crippen molar-refractivity contribution in [2.24, 2.45) is 0 Å². The van der Waals surface area contributed by atoms with Crippen LogP contribution in [-0.2, 0) is 0 Å². The van der Waals surface area contributed by atoms with Gasteiger partial charge in [-0.2, -0.15) is 11.8 Å². The molecule has 0 bridgehead atoms. The fourth-order valence-electron chi connectivity index (χ4n) is 1.21. The van der Waals surface area contributed by atoms with Gasteiger partial charge in [0.2, 0.25) is 0 Å². The van der Waals surface area contributed by atoms with Crippen LogP contribution in [0, 0.1) is 0 Å². The van der Waals surface area contributed by atoms with Gasteiger partial charge in [0, 0.05) is 23.4 Å². The van der Waals surface area contributed by atoms with Gasteiger partial charge in [-0.05, 0) is 30.5 Å². The first-order valence-corrected chi connectivity index (χ1v) is 6.40. The van der Waals surface area contributed by atoms with Gasteiger partial charge in [-0.1, -0.05) is 0 Å². The van der Waals surface area contributed by atoms with Crippen molar-refractivity contribution in [2.75, 3.05) is 18.6 Å². The van der Waals surface area contributed by atoms with Gasteiger partial charge in [-0.25, -0.2) is 5.48 Å². The number of benzene rings is 1. The Bertz CT molecular complexity index is 392. The highest BCUT2D eigenvalue weighted by Gasteiger charge is 2.07. The molecule has 0 spiro atoms. The average molecular weight is 254 g/mol. The number of carbonyl (C=O) groups excluding carboxylic acids is 2.